The highest BCUT2D eigenvalue weighted by molar-refractivity contribution is 7.99. The molecule has 0 fully saturated rings. The van der Waals surface area contributed by atoms with Gasteiger partial charge in [0.15, 0.2) is 11.0 Å². The number of carbonyl (C=O) groups is 1. The van der Waals surface area contributed by atoms with Crippen molar-refractivity contribution in [3.8, 4) is 11.4 Å². The summed E-state index contributed by atoms with van der Waals surface area (Å²) in [5.74, 6) is 0.813. The van der Waals surface area contributed by atoms with Crippen LogP contribution in [0.4, 0.5) is 5.69 Å². The van der Waals surface area contributed by atoms with Crippen molar-refractivity contribution < 1.29 is 4.79 Å². The fraction of sp³-hybridized carbons (Fsp3) is 0.176. The maximum atomic E-state index is 12.2. The zero-order chi connectivity index (χ0) is 17.8. The molecule has 6 nitrogen and oxygen atoms in total. The fourth-order valence-electron chi connectivity index (χ4n) is 2.23. The number of hydrogen-bond donors (Lipinski definition) is 1. The zero-order valence-electron chi connectivity index (χ0n) is 13.7. The van der Waals surface area contributed by atoms with Crippen LogP contribution in [0.3, 0.4) is 0 Å². The van der Waals surface area contributed by atoms with Gasteiger partial charge in [-0.15, -0.1) is 10.2 Å². The Kier molecular flexibility index (Phi) is 5.35. The van der Waals surface area contributed by atoms with Gasteiger partial charge >= 0.3 is 0 Å². The molecule has 0 saturated carbocycles. The SMILES string of the molecule is Cc1ccc(Cl)cc1NC(=O)CSc1nnc(-c2cccnc2)n1C. The summed E-state index contributed by atoms with van der Waals surface area (Å²) in [4.78, 5) is 16.3. The number of nitrogens with one attached hydrogen (secondary N) is 1. The number of nitrogens with zero attached hydrogens (tertiary/aromatic N) is 4. The molecule has 0 aliphatic heterocycles. The van der Waals surface area contributed by atoms with Crippen molar-refractivity contribution >= 4 is 35.0 Å². The lowest BCUT2D eigenvalue weighted by atomic mass is 10.2. The predicted molar refractivity (Wildman–Crippen MR) is 99.8 cm³/mol. The molecule has 1 N–H and O–H groups in total. The van der Waals surface area contributed by atoms with Crippen LogP contribution in [0.25, 0.3) is 11.4 Å². The number of aromatic nitrogens is 4. The second kappa shape index (κ2) is 7.67. The second-order valence-corrected chi connectivity index (χ2v) is 6.78. The number of rotatable bonds is 5. The smallest absolute Gasteiger partial charge is 0.234 e. The summed E-state index contributed by atoms with van der Waals surface area (Å²) in [7, 11) is 1.86. The van der Waals surface area contributed by atoms with Gasteiger partial charge in [0.05, 0.1) is 5.75 Å². The van der Waals surface area contributed by atoms with Crippen molar-refractivity contribution in [2.45, 2.75) is 12.1 Å². The minimum absolute atomic E-state index is 0.124. The monoisotopic (exact) mass is 373 g/mol. The molecule has 0 atom stereocenters. The molecule has 25 heavy (non-hydrogen) atoms. The molecule has 0 unspecified atom stereocenters. The van der Waals surface area contributed by atoms with Gasteiger partial charge in [-0.3, -0.25) is 9.78 Å². The maximum Gasteiger partial charge on any atom is 0.234 e. The molecule has 2 heterocycles. The van der Waals surface area contributed by atoms with Crippen LogP contribution in [0.2, 0.25) is 5.02 Å². The van der Waals surface area contributed by atoms with E-state index in [9.17, 15) is 4.79 Å². The van der Waals surface area contributed by atoms with E-state index in [-0.39, 0.29) is 11.7 Å². The average molecular weight is 374 g/mol. The van der Waals surface area contributed by atoms with Crippen molar-refractivity contribution in [3.63, 3.8) is 0 Å². The van der Waals surface area contributed by atoms with E-state index in [0.29, 0.717) is 21.7 Å². The quantitative estimate of drug-likeness (QED) is 0.692. The Morgan fingerprint density at radius 1 is 1.32 bits per heavy atom. The number of anilines is 1. The Bertz CT molecular complexity index is 897. The lowest BCUT2D eigenvalue weighted by molar-refractivity contribution is -0.113. The van der Waals surface area contributed by atoms with Crippen molar-refractivity contribution in [1.82, 2.24) is 19.7 Å². The molecule has 0 aliphatic carbocycles. The van der Waals surface area contributed by atoms with Crippen LogP contribution in [0, 0.1) is 6.92 Å². The van der Waals surface area contributed by atoms with Crippen LogP contribution < -0.4 is 5.32 Å². The number of amides is 1. The molecule has 1 amide bonds. The molecule has 0 spiro atoms. The van der Waals surface area contributed by atoms with Gasteiger partial charge in [-0.1, -0.05) is 29.4 Å². The summed E-state index contributed by atoms with van der Waals surface area (Å²) in [6, 6.07) is 9.16. The van der Waals surface area contributed by atoms with Gasteiger partial charge in [-0.05, 0) is 36.8 Å². The molecule has 0 aliphatic rings. The van der Waals surface area contributed by atoms with Crippen molar-refractivity contribution in [3.05, 3.63) is 53.3 Å². The van der Waals surface area contributed by atoms with E-state index in [2.05, 4.69) is 20.5 Å². The summed E-state index contributed by atoms with van der Waals surface area (Å²) in [5.41, 5.74) is 2.55. The normalized spacial score (nSPS) is 10.7. The number of hydrogen-bond acceptors (Lipinski definition) is 5. The molecule has 1 aromatic carbocycles. The molecule has 3 rings (SSSR count). The standard InChI is InChI=1S/C17H16ClN5OS/c1-11-5-6-13(18)8-14(11)20-15(24)10-25-17-22-21-16(23(17)2)12-4-3-7-19-9-12/h3-9H,10H2,1-2H3,(H,20,24). The summed E-state index contributed by atoms with van der Waals surface area (Å²) >= 11 is 7.30. The third-order valence-corrected chi connectivity index (χ3v) is 4.82. The first kappa shape index (κ1) is 17.4. The summed E-state index contributed by atoms with van der Waals surface area (Å²) < 4.78 is 1.85. The van der Waals surface area contributed by atoms with Crippen LogP contribution in [0.15, 0.2) is 47.9 Å². The molecule has 2 aromatic heterocycles. The summed E-state index contributed by atoms with van der Waals surface area (Å²) in [6.07, 6.45) is 3.44. The highest BCUT2D eigenvalue weighted by Gasteiger charge is 2.13. The summed E-state index contributed by atoms with van der Waals surface area (Å²) in [6.45, 7) is 1.92. The van der Waals surface area contributed by atoms with E-state index in [1.54, 1.807) is 24.5 Å². The zero-order valence-corrected chi connectivity index (χ0v) is 15.3. The van der Waals surface area contributed by atoms with Crippen LogP contribution in [0.5, 0.6) is 0 Å². The predicted octanol–water partition coefficient (Wildman–Crippen LogP) is 3.57. The molecule has 0 radical (unpaired) electrons. The van der Waals surface area contributed by atoms with Crippen LogP contribution in [0.1, 0.15) is 5.56 Å². The van der Waals surface area contributed by atoms with Crippen molar-refractivity contribution in [1.29, 1.82) is 0 Å². The average Bonchev–Trinajstić information content (AvgIpc) is 2.98. The number of carbonyl (C=O) groups excluding carboxylic acids is 1. The second-order valence-electron chi connectivity index (χ2n) is 5.40. The molecule has 0 saturated heterocycles. The van der Waals surface area contributed by atoms with E-state index in [1.807, 2.05) is 36.7 Å². The minimum atomic E-state index is -0.124. The van der Waals surface area contributed by atoms with Gasteiger partial charge < -0.3 is 9.88 Å². The van der Waals surface area contributed by atoms with Gasteiger partial charge in [0, 0.05) is 35.7 Å². The molecule has 3 aromatic rings. The van der Waals surface area contributed by atoms with E-state index < -0.39 is 0 Å². The lowest BCUT2D eigenvalue weighted by Gasteiger charge is -2.08. The highest BCUT2D eigenvalue weighted by atomic mass is 35.5. The highest BCUT2D eigenvalue weighted by Crippen LogP contribution is 2.23. The first-order valence-corrected chi connectivity index (χ1v) is 8.89. The van der Waals surface area contributed by atoms with Gasteiger partial charge in [0.1, 0.15) is 0 Å². The number of benzene rings is 1. The van der Waals surface area contributed by atoms with Gasteiger partial charge in [-0.25, -0.2) is 0 Å². The molecular weight excluding hydrogens is 358 g/mol. The lowest BCUT2D eigenvalue weighted by Crippen LogP contribution is -2.15. The van der Waals surface area contributed by atoms with Crippen molar-refractivity contribution in [2.75, 3.05) is 11.1 Å². The Hall–Kier alpha value is -2.38. The molecule has 8 heteroatoms. The number of halogens is 1. The Labute approximate surface area is 154 Å². The molecule has 128 valence electrons. The van der Waals surface area contributed by atoms with Gasteiger partial charge in [0.2, 0.25) is 5.91 Å². The summed E-state index contributed by atoms with van der Waals surface area (Å²) in [5, 5.41) is 12.4. The molecule has 0 bridgehead atoms. The Balaban J connectivity index is 1.65. The van der Waals surface area contributed by atoms with E-state index in [1.165, 1.54) is 11.8 Å². The van der Waals surface area contributed by atoms with Gasteiger partial charge in [-0.2, -0.15) is 0 Å². The topological polar surface area (TPSA) is 72.7 Å². The van der Waals surface area contributed by atoms with Crippen LogP contribution >= 0.6 is 23.4 Å². The van der Waals surface area contributed by atoms with Crippen LogP contribution in [-0.2, 0) is 11.8 Å². The number of thioether (sulfide) groups is 1. The van der Waals surface area contributed by atoms with E-state index in [0.717, 1.165) is 11.1 Å². The molecular formula is C17H16ClN5OS. The van der Waals surface area contributed by atoms with Gasteiger partial charge in [0.25, 0.3) is 0 Å². The third-order valence-electron chi connectivity index (χ3n) is 3.56. The minimum Gasteiger partial charge on any atom is -0.325 e. The maximum absolute atomic E-state index is 12.2. The van der Waals surface area contributed by atoms with E-state index >= 15 is 0 Å². The largest absolute Gasteiger partial charge is 0.325 e. The Morgan fingerprint density at radius 3 is 2.92 bits per heavy atom. The first-order valence-electron chi connectivity index (χ1n) is 7.53. The van der Waals surface area contributed by atoms with Crippen molar-refractivity contribution in [2.24, 2.45) is 7.05 Å². The Morgan fingerprint density at radius 2 is 2.16 bits per heavy atom. The number of aryl methyl sites for hydroxylation is 1. The fourth-order valence-corrected chi connectivity index (χ4v) is 3.12. The first-order chi connectivity index (χ1) is 12.0. The van der Waals surface area contributed by atoms with E-state index in [4.69, 9.17) is 11.6 Å². The number of pyridine rings is 1. The third kappa shape index (κ3) is 4.18. The van der Waals surface area contributed by atoms with Crippen LogP contribution in [-0.4, -0.2) is 31.4 Å².